The van der Waals surface area contributed by atoms with Crippen molar-refractivity contribution in [3.8, 4) is 5.75 Å². The summed E-state index contributed by atoms with van der Waals surface area (Å²) < 4.78 is 39.3. The lowest BCUT2D eigenvalue weighted by Crippen LogP contribution is -2.68. The van der Waals surface area contributed by atoms with Crippen LogP contribution < -0.4 is 24.8 Å². The van der Waals surface area contributed by atoms with Crippen LogP contribution in [-0.2, 0) is 14.8 Å². The van der Waals surface area contributed by atoms with E-state index in [1.165, 1.54) is 0 Å². The fourth-order valence-electron chi connectivity index (χ4n) is 4.46. The van der Waals surface area contributed by atoms with Crippen molar-refractivity contribution in [1.29, 1.82) is 0 Å². The Kier molecular flexibility index (Phi) is 8.33. The minimum atomic E-state index is -3.56. The third-order valence-electron chi connectivity index (χ3n) is 6.03. The van der Waals surface area contributed by atoms with Crippen molar-refractivity contribution in [1.82, 2.24) is 0 Å². The molecule has 0 saturated carbocycles. The molecule has 204 valence electrons. The van der Waals surface area contributed by atoms with Crippen LogP contribution in [0.3, 0.4) is 0 Å². The highest BCUT2D eigenvalue weighted by molar-refractivity contribution is 7.92. The van der Waals surface area contributed by atoms with E-state index >= 15 is 0 Å². The van der Waals surface area contributed by atoms with Gasteiger partial charge < -0.3 is 9.16 Å². The third-order valence-corrected chi connectivity index (χ3v) is 11.5. The Bertz CT molecular complexity index is 1340. The van der Waals surface area contributed by atoms with Crippen molar-refractivity contribution in [3.05, 3.63) is 78.4 Å². The van der Waals surface area contributed by atoms with Crippen molar-refractivity contribution in [2.45, 2.75) is 59.1 Å². The standard InChI is InChI=1S/C29H38N2O5SSi/c1-21-24(31-37(8,33)34)19-20-25(26(21)30-27(32)35-28(2,3)4)36-38(29(5,6)7,22-15-11-9-12-16-22)23-17-13-10-14-18-23/h9-20,31H,1-8H3,(H,30,32). The number of amides is 1. The van der Waals surface area contributed by atoms with Gasteiger partial charge in [-0.3, -0.25) is 10.0 Å². The van der Waals surface area contributed by atoms with E-state index in [-0.39, 0.29) is 5.04 Å². The van der Waals surface area contributed by atoms with Crippen LogP contribution in [0.5, 0.6) is 5.75 Å². The molecule has 3 aromatic carbocycles. The van der Waals surface area contributed by atoms with Crippen LogP contribution in [0.1, 0.15) is 47.1 Å². The van der Waals surface area contributed by atoms with Gasteiger partial charge in [0.25, 0.3) is 0 Å². The lowest BCUT2D eigenvalue weighted by Gasteiger charge is -2.43. The largest absolute Gasteiger partial charge is 0.533 e. The molecule has 1 amide bonds. The first-order chi connectivity index (χ1) is 17.5. The Morgan fingerprint density at radius 3 is 1.74 bits per heavy atom. The van der Waals surface area contributed by atoms with Gasteiger partial charge in [0.05, 0.1) is 17.6 Å². The minimum Gasteiger partial charge on any atom is -0.533 e. The summed E-state index contributed by atoms with van der Waals surface area (Å²) in [6.07, 6.45) is 0.421. The highest BCUT2D eigenvalue weighted by Gasteiger charge is 2.52. The van der Waals surface area contributed by atoms with E-state index in [0.29, 0.717) is 22.7 Å². The average Bonchev–Trinajstić information content (AvgIpc) is 2.79. The predicted molar refractivity (Wildman–Crippen MR) is 158 cm³/mol. The van der Waals surface area contributed by atoms with E-state index in [4.69, 9.17) is 9.16 Å². The van der Waals surface area contributed by atoms with Crippen LogP contribution in [0, 0.1) is 6.92 Å². The molecule has 3 rings (SSSR count). The molecule has 3 aromatic rings. The first kappa shape index (κ1) is 29.3. The van der Waals surface area contributed by atoms with Gasteiger partial charge in [0.2, 0.25) is 10.0 Å². The molecule has 0 aliphatic rings. The van der Waals surface area contributed by atoms with E-state index in [0.717, 1.165) is 16.6 Å². The Morgan fingerprint density at radius 1 is 0.816 bits per heavy atom. The van der Waals surface area contributed by atoms with E-state index in [1.807, 2.05) is 36.4 Å². The van der Waals surface area contributed by atoms with Gasteiger partial charge >= 0.3 is 14.4 Å². The second-order valence-electron chi connectivity index (χ2n) is 11.4. The summed E-state index contributed by atoms with van der Waals surface area (Å²) in [6.45, 7) is 13.5. The molecule has 0 aromatic heterocycles. The molecular formula is C29H38N2O5SSi. The number of benzene rings is 3. The SMILES string of the molecule is Cc1c(NS(C)(=O)=O)ccc(O[Si](c2ccccc2)(c2ccccc2)C(C)(C)C)c1NC(=O)OC(C)(C)C. The highest BCUT2D eigenvalue weighted by Crippen LogP contribution is 2.42. The van der Waals surface area contributed by atoms with Gasteiger partial charge in [0.1, 0.15) is 11.4 Å². The van der Waals surface area contributed by atoms with Crippen LogP contribution in [0.4, 0.5) is 16.2 Å². The smallest absolute Gasteiger partial charge is 0.412 e. The van der Waals surface area contributed by atoms with Crippen LogP contribution in [0.2, 0.25) is 5.04 Å². The zero-order valence-corrected chi connectivity index (χ0v) is 25.2. The minimum absolute atomic E-state index is 0.323. The summed E-state index contributed by atoms with van der Waals surface area (Å²) >= 11 is 0. The number of nitrogens with one attached hydrogen (secondary N) is 2. The topological polar surface area (TPSA) is 93.7 Å². The summed E-state index contributed by atoms with van der Waals surface area (Å²) in [4.78, 5) is 12.9. The monoisotopic (exact) mass is 554 g/mol. The highest BCUT2D eigenvalue weighted by atomic mass is 32.2. The number of carbonyl (C=O) groups is 1. The maximum absolute atomic E-state index is 12.9. The van der Waals surface area contributed by atoms with Gasteiger partial charge in [-0.05, 0) is 55.2 Å². The molecule has 38 heavy (non-hydrogen) atoms. The molecule has 0 radical (unpaired) electrons. The summed E-state index contributed by atoms with van der Waals surface area (Å²) in [5, 5.41) is 4.65. The van der Waals surface area contributed by atoms with Crippen molar-refractivity contribution >= 4 is 46.2 Å². The fourth-order valence-corrected chi connectivity index (χ4v) is 9.51. The van der Waals surface area contributed by atoms with Crippen molar-refractivity contribution in [3.63, 3.8) is 0 Å². The van der Waals surface area contributed by atoms with Gasteiger partial charge in [0, 0.05) is 5.56 Å². The Labute approximate surface area is 227 Å². The molecule has 7 nitrogen and oxygen atoms in total. The molecule has 0 bridgehead atoms. The number of hydrogen-bond acceptors (Lipinski definition) is 5. The van der Waals surface area contributed by atoms with Crippen LogP contribution >= 0.6 is 0 Å². The molecule has 0 saturated heterocycles. The molecule has 0 unspecified atom stereocenters. The van der Waals surface area contributed by atoms with E-state index in [1.54, 1.807) is 39.8 Å². The first-order valence-electron chi connectivity index (χ1n) is 12.4. The third kappa shape index (κ3) is 6.76. The maximum Gasteiger partial charge on any atom is 0.412 e. The maximum atomic E-state index is 12.9. The molecule has 9 heteroatoms. The lowest BCUT2D eigenvalue weighted by molar-refractivity contribution is 0.0635. The molecule has 0 aliphatic carbocycles. The number of carbonyl (C=O) groups excluding carboxylic acids is 1. The molecule has 0 heterocycles. The molecule has 0 aliphatic heterocycles. The zero-order valence-electron chi connectivity index (χ0n) is 23.4. The van der Waals surface area contributed by atoms with Gasteiger partial charge in [-0.1, -0.05) is 81.4 Å². The summed E-state index contributed by atoms with van der Waals surface area (Å²) in [6, 6.07) is 23.6. The Hall–Kier alpha value is -3.30. The molecule has 0 spiro atoms. The first-order valence-corrected chi connectivity index (χ1v) is 16.2. The average molecular weight is 555 g/mol. The van der Waals surface area contributed by atoms with Crippen LogP contribution in [0.25, 0.3) is 0 Å². The number of anilines is 2. The lowest BCUT2D eigenvalue weighted by atomic mass is 10.1. The van der Waals surface area contributed by atoms with E-state index in [9.17, 15) is 13.2 Å². The van der Waals surface area contributed by atoms with Crippen molar-refractivity contribution in [2.24, 2.45) is 0 Å². The zero-order chi connectivity index (χ0) is 28.4. The Balaban J connectivity index is 2.28. The fraction of sp³-hybridized carbons (Fsp3) is 0.345. The van der Waals surface area contributed by atoms with Gasteiger partial charge in [-0.15, -0.1) is 0 Å². The number of sulfonamides is 1. The summed E-state index contributed by atoms with van der Waals surface area (Å²) in [5.41, 5.74) is 0.477. The summed E-state index contributed by atoms with van der Waals surface area (Å²) in [7, 11) is -6.59. The van der Waals surface area contributed by atoms with Gasteiger partial charge in [-0.25, -0.2) is 13.2 Å². The van der Waals surface area contributed by atoms with Crippen molar-refractivity contribution in [2.75, 3.05) is 16.3 Å². The predicted octanol–water partition coefficient (Wildman–Crippen LogP) is 5.65. The number of hydrogen-bond donors (Lipinski definition) is 2. The van der Waals surface area contributed by atoms with Crippen LogP contribution in [-0.4, -0.2) is 34.7 Å². The van der Waals surface area contributed by atoms with Gasteiger partial charge in [-0.2, -0.15) is 0 Å². The van der Waals surface area contributed by atoms with Crippen LogP contribution in [0.15, 0.2) is 72.8 Å². The van der Waals surface area contributed by atoms with E-state index < -0.39 is 30.0 Å². The molecule has 0 fully saturated rings. The number of rotatable bonds is 7. The molecule has 2 N–H and O–H groups in total. The van der Waals surface area contributed by atoms with Crippen molar-refractivity contribution < 1.29 is 22.4 Å². The number of ether oxygens (including phenoxy) is 1. The quantitative estimate of drug-likeness (QED) is 0.368. The molecular weight excluding hydrogens is 516 g/mol. The van der Waals surface area contributed by atoms with Gasteiger partial charge in [0.15, 0.2) is 0 Å². The van der Waals surface area contributed by atoms with E-state index in [2.05, 4.69) is 55.1 Å². The molecule has 0 atom stereocenters. The Morgan fingerprint density at radius 2 is 1.32 bits per heavy atom. The normalized spacial score (nSPS) is 12.5. The second kappa shape index (κ2) is 10.8. The summed E-state index contributed by atoms with van der Waals surface area (Å²) in [5.74, 6) is 0.432. The second-order valence-corrected chi connectivity index (χ2v) is 17.3.